The molecule has 1 aromatic heterocycles. The molecule has 3 rings (SSSR count). The van der Waals surface area contributed by atoms with Gasteiger partial charge in [0.2, 0.25) is 15.8 Å². The van der Waals surface area contributed by atoms with Crippen LogP contribution in [0.1, 0.15) is 40.9 Å². The lowest BCUT2D eigenvalue weighted by Crippen LogP contribution is -2.43. The molecule has 0 aliphatic carbocycles. The summed E-state index contributed by atoms with van der Waals surface area (Å²) in [6, 6.07) is 3.13. The highest BCUT2D eigenvalue weighted by molar-refractivity contribution is 7.89. The van der Waals surface area contributed by atoms with Crippen molar-refractivity contribution in [1.82, 2.24) is 14.6 Å². The van der Waals surface area contributed by atoms with Crippen molar-refractivity contribution in [2.75, 3.05) is 56.7 Å². The maximum Gasteiger partial charge on any atom is 0.214 e. The number of halogens is 2. The fourth-order valence-corrected chi connectivity index (χ4v) is 6.26. The van der Waals surface area contributed by atoms with E-state index in [0.717, 1.165) is 36.4 Å². The maximum atomic E-state index is 14.0. The van der Waals surface area contributed by atoms with Crippen molar-refractivity contribution in [2.24, 2.45) is 0 Å². The van der Waals surface area contributed by atoms with Crippen molar-refractivity contribution in [3.05, 3.63) is 40.3 Å². The number of carbonyl (C=O) groups is 1. The predicted octanol–water partition coefficient (Wildman–Crippen LogP) is 2.46. The number of methoxy groups -OCH3 is 1. The monoisotopic (exact) mass is 531 g/mol. The zero-order valence-corrected chi connectivity index (χ0v) is 21.2. The molecule has 0 amide bonds. The summed E-state index contributed by atoms with van der Waals surface area (Å²) in [7, 11) is -1.69. The van der Waals surface area contributed by atoms with Crippen LogP contribution in [0, 0.1) is 11.6 Å². The van der Waals surface area contributed by atoms with Crippen molar-refractivity contribution < 1.29 is 26.7 Å². The predicted molar refractivity (Wildman–Crippen MR) is 132 cm³/mol. The van der Waals surface area contributed by atoms with Crippen LogP contribution in [0.3, 0.4) is 0 Å². The first-order valence-corrected chi connectivity index (χ1v) is 13.8. The summed E-state index contributed by atoms with van der Waals surface area (Å²) in [5.74, 6) is -2.82. The van der Waals surface area contributed by atoms with Crippen molar-refractivity contribution in [1.29, 1.82) is 0 Å². The van der Waals surface area contributed by atoms with Gasteiger partial charge in [-0.2, -0.15) is 0 Å². The SMILES string of the molecule is COCCCNCCCS(=O)(=O)N1CCC(Nc2nc(N)c(C(=O)c3c(F)cccc3F)s2)CC1. The number of sulfonamides is 1. The average Bonchev–Trinajstić information content (AvgIpc) is 3.18. The Kier molecular flexibility index (Phi) is 9.92. The molecule has 13 heteroatoms. The van der Waals surface area contributed by atoms with Crippen molar-refractivity contribution in [3.8, 4) is 0 Å². The van der Waals surface area contributed by atoms with Crippen molar-refractivity contribution in [2.45, 2.75) is 31.7 Å². The Hall–Kier alpha value is -2.19. The Morgan fingerprint density at radius 2 is 1.89 bits per heavy atom. The topological polar surface area (TPSA) is 127 Å². The largest absolute Gasteiger partial charge is 0.385 e. The van der Waals surface area contributed by atoms with Crippen LogP contribution in [0.15, 0.2) is 18.2 Å². The maximum absolute atomic E-state index is 14.0. The fourth-order valence-electron chi connectivity index (χ4n) is 3.81. The van der Waals surface area contributed by atoms with Crippen LogP contribution < -0.4 is 16.4 Å². The highest BCUT2D eigenvalue weighted by atomic mass is 32.2. The number of aromatic nitrogens is 1. The normalized spacial score (nSPS) is 15.4. The van der Waals surface area contributed by atoms with Crippen LogP contribution in [0.5, 0.6) is 0 Å². The number of benzene rings is 1. The summed E-state index contributed by atoms with van der Waals surface area (Å²) in [6.45, 7) is 2.82. The summed E-state index contributed by atoms with van der Waals surface area (Å²) in [5.41, 5.74) is 5.18. The lowest BCUT2D eigenvalue weighted by Gasteiger charge is -2.31. The van der Waals surface area contributed by atoms with E-state index in [1.165, 1.54) is 10.4 Å². The Bertz CT molecular complexity index is 1090. The molecule has 1 aliphatic heterocycles. The van der Waals surface area contributed by atoms with E-state index in [1.807, 2.05) is 0 Å². The minimum atomic E-state index is -3.34. The fraction of sp³-hybridized carbons (Fsp3) is 0.545. The molecule has 2 heterocycles. The number of thiazole rings is 1. The molecule has 0 unspecified atom stereocenters. The minimum Gasteiger partial charge on any atom is -0.385 e. The summed E-state index contributed by atoms with van der Waals surface area (Å²) in [5, 5.41) is 6.73. The molecular weight excluding hydrogens is 500 g/mol. The van der Waals surface area contributed by atoms with Crippen LogP contribution in [0.25, 0.3) is 0 Å². The van der Waals surface area contributed by atoms with Crippen LogP contribution in [-0.4, -0.2) is 75.2 Å². The van der Waals surface area contributed by atoms with Gasteiger partial charge in [0.25, 0.3) is 0 Å². The molecular formula is C22H31F2N5O4S2. The van der Waals surface area contributed by atoms with Gasteiger partial charge in [-0.3, -0.25) is 4.79 Å². The Balaban J connectivity index is 1.49. The third-order valence-corrected chi connectivity index (χ3v) is 8.64. The molecule has 0 radical (unpaired) electrons. The summed E-state index contributed by atoms with van der Waals surface area (Å²) < 4.78 is 59.7. The molecule has 1 saturated heterocycles. The Morgan fingerprint density at radius 1 is 1.23 bits per heavy atom. The molecule has 0 spiro atoms. The molecule has 1 aromatic carbocycles. The van der Waals surface area contributed by atoms with Crippen LogP contribution in [0.2, 0.25) is 0 Å². The standard InChI is InChI=1S/C22H31F2N5O4S2/c1-33-13-3-9-26-10-4-14-35(31,32)29-11-7-15(8-12-29)27-22-28-21(25)20(34-22)19(30)18-16(23)5-2-6-17(18)24/h2,5-6,15,26H,3-4,7-14,25H2,1H3,(H,27,28). The van der Waals surface area contributed by atoms with Gasteiger partial charge in [-0.05, 0) is 50.9 Å². The van der Waals surface area contributed by atoms with Gasteiger partial charge in [-0.1, -0.05) is 17.4 Å². The molecule has 1 fully saturated rings. The number of nitrogens with two attached hydrogens (primary N) is 1. The third-order valence-electron chi connectivity index (χ3n) is 5.68. The molecule has 4 N–H and O–H groups in total. The van der Waals surface area contributed by atoms with E-state index in [0.29, 0.717) is 50.6 Å². The number of piperidine rings is 1. The lowest BCUT2D eigenvalue weighted by molar-refractivity contribution is 0.103. The Morgan fingerprint density at radius 3 is 2.54 bits per heavy atom. The number of ketones is 1. The molecule has 194 valence electrons. The van der Waals surface area contributed by atoms with E-state index in [4.69, 9.17) is 10.5 Å². The second kappa shape index (κ2) is 12.7. The number of nitrogens with one attached hydrogen (secondary N) is 2. The number of carbonyl (C=O) groups excluding carboxylic acids is 1. The van der Waals surface area contributed by atoms with Gasteiger partial charge in [-0.15, -0.1) is 0 Å². The van der Waals surface area contributed by atoms with Gasteiger partial charge < -0.3 is 21.1 Å². The van der Waals surface area contributed by atoms with Crippen LogP contribution >= 0.6 is 11.3 Å². The number of nitrogens with zero attached hydrogens (tertiary/aromatic N) is 2. The number of ether oxygens (including phenoxy) is 1. The highest BCUT2D eigenvalue weighted by Gasteiger charge is 2.29. The van der Waals surface area contributed by atoms with E-state index < -0.39 is 33.0 Å². The van der Waals surface area contributed by atoms with Crippen LogP contribution in [0.4, 0.5) is 19.7 Å². The second-order valence-corrected chi connectivity index (χ2v) is 11.3. The van der Waals surface area contributed by atoms with Gasteiger partial charge in [0.15, 0.2) is 5.13 Å². The molecule has 2 aromatic rings. The number of hydrogen-bond acceptors (Lipinski definition) is 9. The summed E-state index contributed by atoms with van der Waals surface area (Å²) >= 11 is 0.924. The number of hydrogen-bond donors (Lipinski definition) is 3. The molecule has 35 heavy (non-hydrogen) atoms. The second-order valence-electron chi connectivity index (χ2n) is 8.24. The van der Waals surface area contributed by atoms with Gasteiger partial charge in [-0.25, -0.2) is 26.5 Å². The van der Waals surface area contributed by atoms with Crippen molar-refractivity contribution in [3.63, 3.8) is 0 Å². The first kappa shape index (κ1) is 27.4. The number of nitrogen functional groups attached to an aromatic ring is 1. The first-order valence-electron chi connectivity index (χ1n) is 11.4. The van der Waals surface area contributed by atoms with E-state index in [2.05, 4.69) is 15.6 Å². The molecule has 0 saturated carbocycles. The average molecular weight is 532 g/mol. The minimum absolute atomic E-state index is 0.0488. The quantitative estimate of drug-likeness (QED) is 0.266. The Labute approximate surface area is 208 Å². The summed E-state index contributed by atoms with van der Waals surface area (Å²) in [4.78, 5) is 16.7. The molecule has 1 aliphatic rings. The number of anilines is 2. The van der Waals surface area contributed by atoms with Gasteiger partial charge in [0, 0.05) is 32.8 Å². The smallest absolute Gasteiger partial charge is 0.214 e. The molecule has 9 nitrogen and oxygen atoms in total. The van der Waals surface area contributed by atoms with Gasteiger partial charge in [0.1, 0.15) is 22.3 Å². The van der Waals surface area contributed by atoms with E-state index in [-0.39, 0.29) is 22.5 Å². The number of rotatable bonds is 13. The first-order chi connectivity index (χ1) is 16.7. The van der Waals surface area contributed by atoms with Crippen LogP contribution in [-0.2, 0) is 14.8 Å². The van der Waals surface area contributed by atoms with Gasteiger partial charge >= 0.3 is 0 Å². The zero-order valence-electron chi connectivity index (χ0n) is 19.6. The summed E-state index contributed by atoms with van der Waals surface area (Å²) in [6.07, 6.45) is 2.52. The zero-order chi connectivity index (χ0) is 25.4. The third kappa shape index (κ3) is 7.40. The lowest BCUT2D eigenvalue weighted by atomic mass is 10.1. The van der Waals surface area contributed by atoms with E-state index in [1.54, 1.807) is 7.11 Å². The molecule has 0 bridgehead atoms. The van der Waals surface area contributed by atoms with E-state index in [9.17, 15) is 22.0 Å². The molecule has 0 atom stereocenters. The van der Waals surface area contributed by atoms with E-state index >= 15 is 0 Å². The van der Waals surface area contributed by atoms with Crippen molar-refractivity contribution >= 4 is 38.1 Å². The van der Waals surface area contributed by atoms with Gasteiger partial charge in [0.05, 0.1) is 11.3 Å². The highest BCUT2D eigenvalue weighted by Crippen LogP contribution is 2.30.